The van der Waals surface area contributed by atoms with E-state index in [4.69, 9.17) is 0 Å². The number of rotatable bonds is 6. The SMILES string of the molecule is CN(Cc1ccn[nH]1)C(=O)c1cc(C(=O)NCc2ccc(F)cc2)c(O)c(=O)[nH]1. The van der Waals surface area contributed by atoms with Crippen LogP contribution in [-0.2, 0) is 13.1 Å². The zero-order chi connectivity index (χ0) is 21.0. The molecule has 0 aliphatic carbocycles. The molecule has 0 fully saturated rings. The first kappa shape index (κ1) is 19.8. The number of H-pyrrole nitrogens is 2. The Morgan fingerprint density at radius 2 is 1.97 bits per heavy atom. The third kappa shape index (κ3) is 4.67. The predicted octanol–water partition coefficient (Wildman–Crippen LogP) is 1.14. The maximum atomic E-state index is 13.0. The van der Waals surface area contributed by atoms with Crippen LogP contribution in [0.3, 0.4) is 0 Å². The summed E-state index contributed by atoms with van der Waals surface area (Å²) >= 11 is 0. The topological polar surface area (TPSA) is 131 Å². The summed E-state index contributed by atoms with van der Waals surface area (Å²) in [5.41, 5.74) is -0.146. The molecule has 4 N–H and O–H groups in total. The fraction of sp³-hybridized carbons (Fsp3) is 0.158. The van der Waals surface area contributed by atoms with Crippen LogP contribution in [0, 0.1) is 5.82 Å². The molecule has 3 rings (SSSR count). The fourth-order valence-corrected chi connectivity index (χ4v) is 2.63. The van der Waals surface area contributed by atoms with E-state index in [-0.39, 0.29) is 24.3 Å². The van der Waals surface area contributed by atoms with E-state index in [0.717, 1.165) is 6.07 Å². The van der Waals surface area contributed by atoms with Crippen LogP contribution in [0.4, 0.5) is 4.39 Å². The molecular weight excluding hydrogens is 381 g/mol. The van der Waals surface area contributed by atoms with E-state index in [9.17, 15) is 23.9 Å². The standard InChI is InChI=1S/C19H18FN5O4/c1-25(10-13-6-7-22-24-13)19(29)15-8-14(16(26)18(28)23-15)17(27)21-9-11-2-4-12(20)5-3-11/h2-8,26H,9-10H2,1H3,(H,21,27)(H,22,24)(H,23,28). The first-order valence-electron chi connectivity index (χ1n) is 8.58. The Labute approximate surface area is 164 Å². The molecule has 0 aliphatic rings. The van der Waals surface area contributed by atoms with Crippen molar-refractivity contribution >= 4 is 11.8 Å². The molecule has 150 valence electrons. The van der Waals surface area contributed by atoms with Crippen LogP contribution in [0.15, 0.2) is 47.4 Å². The average molecular weight is 399 g/mol. The van der Waals surface area contributed by atoms with Gasteiger partial charge in [0.05, 0.1) is 17.8 Å². The van der Waals surface area contributed by atoms with Gasteiger partial charge in [-0.05, 0) is 29.8 Å². The van der Waals surface area contributed by atoms with Crippen LogP contribution in [0.2, 0.25) is 0 Å². The van der Waals surface area contributed by atoms with Crippen LogP contribution in [0.5, 0.6) is 5.75 Å². The molecule has 2 aromatic heterocycles. The number of aromatic amines is 2. The van der Waals surface area contributed by atoms with E-state index >= 15 is 0 Å². The highest BCUT2D eigenvalue weighted by Crippen LogP contribution is 2.14. The third-order valence-electron chi connectivity index (χ3n) is 4.16. The number of benzene rings is 1. The van der Waals surface area contributed by atoms with E-state index in [1.54, 1.807) is 12.3 Å². The number of nitrogens with one attached hydrogen (secondary N) is 3. The number of amides is 2. The lowest BCUT2D eigenvalue weighted by Gasteiger charge is -2.16. The van der Waals surface area contributed by atoms with E-state index in [1.165, 1.54) is 36.2 Å². The molecule has 3 aromatic rings. The van der Waals surface area contributed by atoms with Gasteiger partial charge in [0, 0.05) is 19.8 Å². The predicted molar refractivity (Wildman–Crippen MR) is 101 cm³/mol. The lowest BCUT2D eigenvalue weighted by atomic mass is 10.1. The second kappa shape index (κ2) is 8.38. The minimum atomic E-state index is -0.960. The summed E-state index contributed by atoms with van der Waals surface area (Å²) in [5.74, 6) is -2.50. The quantitative estimate of drug-likeness (QED) is 0.494. The maximum absolute atomic E-state index is 13.0. The van der Waals surface area contributed by atoms with Crippen LogP contribution < -0.4 is 10.9 Å². The molecule has 2 heterocycles. The number of nitrogens with zero attached hydrogens (tertiary/aromatic N) is 2. The number of halogens is 1. The Morgan fingerprint density at radius 1 is 1.24 bits per heavy atom. The summed E-state index contributed by atoms with van der Waals surface area (Å²) in [7, 11) is 1.52. The Bertz CT molecular complexity index is 1080. The minimum absolute atomic E-state index is 0.0500. The maximum Gasteiger partial charge on any atom is 0.291 e. The summed E-state index contributed by atoms with van der Waals surface area (Å²) in [6.45, 7) is 0.252. The minimum Gasteiger partial charge on any atom is -0.502 e. The normalized spacial score (nSPS) is 10.6. The molecule has 0 unspecified atom stereocenters. The van der Waals surface area contributed by atoms with Gasteiger partial charge in [0.25, 0.3) is 17.4 Å². The van der Waals surface area contributed by atoms with Crippen LogP contribution in [-0.4, -0.2) is 44.0 Å². The van der Waals surface area contributed by atoms with Gasteiger partial charge in [0.2, 0.25) is 0 Å². The molecule has 9 nitrogen and oxygen atoms in total. The van der Waals surface area contributed by atoms with Crippen molar-refractivity contribution in [3.8, 4) is 5.75 Å². The molecule has 10 heteroatoms. The molecule has 0 saturated heterocycles. The molecule has 29 heavy (non-hydrogen) atoms. The van der Waals surface area contributed by atoms with Gasteiger partial charge in [-0.1, -0.05) is 12.1 Å². The Kier molecular flexibility index (Phi) is 5.72. The van der Waals surface area contributed by atoms with E-state index in [2.05, 4.69) is 20.5 Å². The third-order valence-corrected chi connectivity index (χ3v) is 4.16. The van der Waals surface area contributed by atoms with Crippen molar-refractivity contribution in [2.45, 2.75) is 13.1 Å². The van der Waals surface area contributed by atoms with Crippen molar-refractivity contribution in [3.05, 3.63) is 81.3 Å². The van der Waals surface area contributed by atoms with Gasteiger partial charge in [-0.2, -0.15) is 5.10 Å². The van der Waals surface area contributed by atoms with Gasteiger partial charge in [-0.3, -0.25) is 19.5 Å². The second-order valence-electron chi connectivity index (χ2n) is 6.33. The summed E-state index contributed by atoms with van der Waals surface area (Å²) in [6.07, 6.45) is 1.54. The number of hydrogen-bond donors (Lipinski definition) is 4. The molecule has 0 radical (unpaired) electrons. The van der Waals surface area contributed by atoms with Crippen LogP contribution in [0.25, 0.3) is 0 Å². The summed E-state index contributed by atoms with van der Waals surface area (Å²) in [4.78, 5) is 40.6. The van der Waals surface area contributed by atoms with Crippen LogP contribution in [0.1, 0.15) is 32.1 Å². The van der Waals surface area contributed by atoms with Gasteiger partial charge in [0.15, 0.2) is 5.75 Å². The van der Waals surface area contributed by atoms with E-state index < -0.39 is 28.9 Å². The first-order chi connectivity index (χ1) is 13.8. The molecule has 0 bridgehead atoms. The molecule has 0 saturated carbocycles. The van der Waals surface area contributed by atoms with Crippen LogP contribution >= 0.6 is 0 Å². The Hall–Kier alpha value is -3.95. The Morgan fingerprint density at radius 3 is 2.62 bits per heavy atom. The number of aromatic hydroxyl groups is 1. The number of hydrogen-bond acceptors (Lipinski definition) is 5. The summed E-state index contributed by atoms with van der Waals surface area (Å²) in [5, 5.41) is 19.0. The number of pyridine rings is 1. The molecule has 0 aliphatic heterocycles. The molecule has 0 spiro atoms. The molecular formula is C19H18FN5O4. The van der Waals surface area contributed by atoms with Gasteiger partial charge in [-0.25, -0.2) is 4.39 Å². The smallest absolute Gasteiger partial charge is 0.291 e. The summed E-state index contributed by atoms with van der Waals surface area (Å²) in [6, 6.07) is 8.29. The number of carbonyl (C=O) groups is 2. The molecule has 0 atom stereocenters. The largest absolute Gasteiger partial charge is 0.502 e. The molecule has 1 aromatic carbocycles. The highest BCUT2D eigenvalue weighted by molar-refractivity contribution is 6.00. The number of carbonyl (C=O) groups excluding carboxylic acids is 2. The van der Waals surface area contributed by atoms with Crippen molar-refractivity contribution in [3.63, 3.8) is 0 Å². The van der Waals surface area contributed by atoms with Crippen molar-refractivity contribution < 1.29 is 19.1 Å². The fourth-order valence-electron chi connectivity index (χ4n) is 2.63. The monoisotopic (exact) mass is 399 g/mol. The van der Waals surface area contributed by atoms with Gasteiger partial charge in [-0.15, -0.1) is 0 Å². The van der Waals surface area contributed by atoms with E-state index in [1.807, 2.05) is 0 Å². The highest BCUT2D eigenvalue weighted by atomic mass is 19.1. The van der Waals surface area contributed by atoms with Gasteiger partial charge < -0.3 is 20.3 Å². The lowest BCUT2D eigenvalue weighted by Crippen LogP contribution is -2.31. The summed E-state index contributed by atoms with van der Waals surface area (Å²) < 4.78 is 13.0. The van der Waals surface area contributed by atoms with Crippen molar-refractivity contribution in [1.82, 2.24) is 25.4 Å². The van der Waals surface area contributed by atoms with E-state index in [0.29, 0.717) is 11.3 Å². The highest BCUT2D eigenvalue weighted by Gasteiger charge is 2.21. The zero-order valence-corrected chi connectivity index (χ0v) is 15.4. The Balaban J connectivity index is 1.77. The zero-order valence-electron chi connectivity index (χ0n) is 15.4. The average Bonchev–Trinajstić information content (AvgIpc) is 3.21. The number of aromatic nitrogens is 3. The van der Waals surface area contributed by atoms with Gasteiger partial charge >= 0.3 is 0 Å². The second-order valence-corrected chi connectivity index (χ2v) is 6.33. The molecule has 2 amide bonds. The lowest BCUT2D eigenvalue weighted by molar-refractivity contribution is 0.0777. The van der Waals surface area contributed by atoms with Gasteiger partial charge in [0.1, 0.15) is 11.5 Å². The first-order valence-corrected chi connectivity index (χ1v) is 8.58. The van der Waals surface area contributed by atoms with Crippen molar-refractivity contribution in [1.29, 1.82) is 0 Å². The van der Waals surface area contributed by atoms with Crippen molar-refractivity contribution in [2.75, 3.05) is 7.05 Å². The van der Waals surface area contributed by atoms with Crippen molar-refractivity contribution in [2.24, 2.45) is 0 Å².